The molecular formula is C25H28N2O4S2. The smallest absolute Gasteiger partial charge is 0.224 e. The molecule has 8 heteroatoms. The van der Waals surface area contributed by atoms with E-state index in [1.807, 2.05) is 23.6 Å². The number of amides is 1. The van der Waals surface area contributed by atoms with Gasteiger partial charge in [0.25, 0.3) is 0 Å². The van der Waals surface area contributed by atoms with Gasteiger partial charge in [0, 0.05) is 28.5 Å². The van der Waals surface area contributed by atoms with Crippen LogP contribution in [0.15, 0.2) is 71.1 Å². The molecule has 1 amide bonds. The van der Waals surface area contributed by atoms with Crippen molar-refractivity contribution in [3.63, 3.8) is 0 Å². The number of thiophene rings is 1. The first-order chi connectivity index (χ1) is 16.0. The van der Waals surface area contributed by atoms with Crippen LogP contribution in [0.5, 0.6) is 5.75 Å². The Hall–Kier alpha value is -2.68. The third-order valence-corrected chi connectivity index (χ3v) is 8.98. The topological polar surface area (TPSA) is 90.7 Å². The van der Waals surface area contributed by atoms with Crippen molar-refractivity contribution < 1.29 is 18.5 Å². The minimum atomic E-state index is -1.32. The fraction of sp³-hybridized carbons (Fsp3) is 0.320. The highest BCUT2D eigenvalue weighted by molar-refractivity contribution is 7.86. The molecule has 1 atom stereocenters. The second-order valence-electron chi connectivity index (χ2n) is 8.00. The Balaban J connectivity index is 1.26. The molecule has 6 nitrogen and oxygen atoms in total. The summed E-state index contributed by atoms with van der Waals surface area (Å²) in [5.74, 6) is 0.623. The van der Waals surface area contributed by atoms with E-state index in [0.29, 0.717) is 62.0 Å². The maximum atomic E-state index is 13.2. The predicted octanol–water partition coefficient (Wildman–Crippen LogP) is 3.77. The summed E-state index contributed by atoms with van der Waals surface area (Å²) in [4.78, 5) is 13.0. The van der Waals surface area contributed by atoms with Crippen LogP contribution >= 0.6 is 11.3 Å². The van der Waals surface area contributed by atoms with Crippen molar-refractivity contribution in [1.29, 1.82) is 0 Å². The van der Waals surface area contributed by atoms with Gasteiger partial charge in [0.1, 0.15) is 12.4 Å². The van der Waals surface area contributed by atoms with Gasteiger partial charge in [0.2, 0.25) is 5.91 Å². The molecule has 0 radical (unpaired) electrons. The van der Waals surface area contributed by atoms with Crippen LogP contribution in [0.3, 0.4) is 0 Å². The second kappa shape index (κ2) is 10.5. The maximum Gasteiger partial charge on any atom is 0.224 e. The Labute approximate surface area is 200 Å². The van der Waals surface area contributed by atoms with E-state index in [1.165, 1.54) is 4.70 Å². The van der Waals surface area contributed by atoms with E-state index in [2.05, 4.69) is 18.0 Å². The first-order valence-corrected chi connectivity index (χ1v) is 12.9. The van der Waals surface area contributed by atoms with Crippen LogP contribution in [-0.2, 0) is 26.8 Å². The number of hydrogen-bond donors (Lipinski definition) is 2. The summed E-state index contributed by atoms with van der Waals surface area (Å²) >= 11 is 1.65. The standard InChI is InChI=1S/C25H28N2O4S2/c1-18(26)25(10-13-30-14-11-25)33(29)21-8-6-20(7-9-21)31-15-12-27-24(28)16-19-17-32-23-5-3-2-4-22(19)23/h2-9,17H,1,10-16,26H2,(H,27,28). The molecule has 2 heterocycles. The lowest BCUT2D eigenvalue weighted by atomic mass is 9.96. The molecule has 1 unspecified atom stereocenters. The maximum absolute atomic E-state index is 13.2. The molecule has 0 saturated carbocycles. The highest BCUT2D eigenvalue weighted by atomic mass is 32.2. The summed E-state index contributed by atoms with van der Waals surface area (Å²) in [6, 6.07) is 15.3. The third kappa shape index (κ3) is 5.29. The van der Waals surface area contributed by atoms with Gasteiger partial charge in [0.15, 0.2) is 0 Å². The quantitative estimate of drug-likeness (QED) is 0.451. The van der Waals surface area contributed by atoms with E-state index in [1.54, 1.807) is 35.6 Å². The molecule has 1 aliphatic heterocycles. The van der Waals surface area contributed by atoms with Crippen LogP contribution in [0, 0.1) is 0 Å². The molecule has 4 rings (SSSR count). The number of fused-ring (bicyclic) bond motifs is 1. The summed E-state index contributed by atoms with van der Waals surface area (Å²) in [7, 11) is -1.32. The van der Waals surface area contributed by atoms with Crippen LogP contribution < -0.4 is 15.8 Å². The Morgan fingerprint density at radius 1 is 1.18 bits per heavy atom. The lowest BCUT2D eigenvalue weighted by Crippen LogP contribution is -2.44. The van der Waals surface area contributed by atoms with Crippen molar-refractivity contribution in [3.05, 3.63) is 71.8 Å². The first-order valence-electron chi connectivity index (χ1n) is 10.9. The van der Waals surface area contributed by atoms with Gasteiger partial charge in [-0.25, -0.2) is 0 Å². The molecule has 0 spiro atoms. The first kappa shape index (κ1) is 23.5. The Kier molecular flexibility index (Phi) is 7.47. The third-order valence-electron chi connectivity index (χ3n) is 5.88. The minimum absolute atomic E-state index is 0.0309. The van der Waals surface area contributed by atoms with Gasteiger partial charge in [-0.1, -0.05) is 24.8 Å². The van der Waals surface area contributed by atoms with Gasteiger partial charge in [-0.15, -0.1) is 11.3 Å². The SMILES string of the molecule is C=C(N)C1(S(=O)c2ccc(OCCNC(=O)Cc3csc4ccccc34)cc2)CCOCC1. The summed E-state index contributed by atoms with van der Waals surface area (Å²) in [6.45, 7) is 5.69. The molecule has 0 aliphatic carbocycles. The van der Waals surface area contributed by atoms with Gasteiger partial charge >= 0.3 is 0 Å². The zero-order valence-corrected chi connectivity index (χ0v) is 20.0. The average Bonchev–Trinajstić information content (AvgIpc) is 3.25. The highest BCUT2D eigenvalue weighted by Crippen LogP contribution is 2.35. The average molecular weight is 485 g/mol. The van der Waals surface area contributed by atoms with Gasteiger partial charge in [0.05, 0.1) is 28.5 Å². The molecule has 33 heavy (non-hydrogen) atoms. The van der Waals surface area contributed by atoms with Crippen molar-refractivity contribution >= 4 is 38.1 Å². The summed E-state index contributed by atoms with van der Waals surface area (Å²) in [5, 5.41) is 6.07. The molecule has 1 saturated heterocycles. The van der Waals surface area contributed by atoms with Gasteiger partial charge in [-0.05, 0) is 59.5 Å². The molecule has 1 aromatic heterocycles. The highest BCUT2D eigenvalue weighted by Gasteiger charge is 2.41. The summed E-state index contributed by atoms with van der Waals surface area (Å²) in [5.41, 5.74) is 7.53. The minimum Gasteiger partial charge on any atom is -0.492 e. The number of nitrogens with one attached hydrogen (secondary N) is 1. The molecule has 3 N–H and O–H groups in total. The van der Waals surface area contributed by atoms with Crippen molar-refractivity contribution in [2.75, 3.05) is 26.4 Å². The van der Waals surface area contributed by atoms with E-state index < -0.39 is 15.5 Å². The van der Waals surface area contributed by atoms with Crippen molar-refractivity contribution in [2.24, 2.45) is 5.73 Å². The number of nitrogens with two attached hydrogens (primary N) is 1. The molecule has 1 fully saturated rings. The lowest BCUT2D eigenvalue weighted by Gasteiger charge is -2.36. The summed E-state index contributed by atoms with van der Waals surface area (Å²) < 4.78 is 24.9. The normalized spacial score (nSPS) is 16.2. The van der Waals surface area contributed by atoms with Gasteiger partial charge in [-0.3, -0.25) is 9.00 Å². The molecule has 0 bridgehead atoms. The number of carbonyl (C=O) groups is 1. The van der Waals surface area contributed by atoms with E-state index in [0.717, 1.165) is 10.9 Å². The number of rotatable bonds is 9. The number of benzene rings is 2. The number of carbonyl (C=O) groups excluding carboxylic acids is 1. The van der Waals surface area contributed by atoms with E-state index >= 15 is 0 Å². The fourth-order valence-corrected chi connectivity index (χ4v) is 6.55. The van der Waals surface area contributed by atoms with Crippen LogP contribution in [0.4, 0.5) is 0 Å². The largest absolute Gasteiger partial charge is 0.492 e. The molecule has 3 aromatic rings. The zero-order valence-electron chi connectivity index (χ0n) is 18.4. The zero-order chi connectivity index (χ0) is 23.3. The predicted molar refractivity (Wildman–Crippen MR) is 133 cm³/mol. The lowest BCUT2D eigenvalue weighted by molar-refractivity contribution is -0.120. The van der Waals surface area contributed by atoms with Crippen LogP contribution in [-0.4, -0.2) is 41.2 Å². The van der Waals surface area contributed by atoms with Crippen molar-refractivity contribution in [3.8, 4) is 5.75 Å². The molecule has 1 aliphatic rings. The van der Waals surface area contributed by atoms with Crippen molar-refractivity contribution in [2.45, 2.75) is 28.9 Å². The van der Waals surface area contributed by atoms with Crippen LogP contribution in [0.2, 0.25) is 0 Å². The Morgan fingerprint density at radius 3 is 2.64 bits per heavy atom. The summed E-state index contributed by atoms with van der Waals surface area (Å²) in [6.07, 6.45) is 1.53. The van der Waals surface area contributed by atoms with Crippen LogP contribution in [0.25, 0.3) is 10.1 Å². The van der Waals surface area contributed by atoms with Gasteiger partial charge < -0.3 is 20.5 Å². The Bertz CT molecular complexity index is 1150. The van der Waals surface area contributed by atoms with E-state index in [9.17, 15) is 9.00 Å². The molecular weight excluding hydrogens is 456 g/mol. The van der Waals surface area contributed by atoms with Crippen LogP contribution in [0.1, 0.15) is 18.4 Å². The van der Waals surface area contributed by atoms with Crippen molar-refractivity contribution in [1.82, 2.24) is 5.32 Å². The second-order valence-corrected chi connectivity index (χ2v) is 10.7. The number of ether oxygens (including phenoxy) is 2. The molecule has 174 valence electrons. The Morgan fingerprint density at radius 2 is 1.91 bits per heavy atom. The van der Waals surface area contributed by atoms with E-state index in [-0.39, 0.29) is 5.91 Å². The fourth-order valence-electron chi connectivity index (χ4n) is 3.98. The number of hydrogen-bond acceptors (Lipinski definition) is 6. The van der Waals surface area contributed by atoms with E-state index in [4.69, 9.17) is 15.2 Å². The monoisotopic (exact) mass is 484 g/mol. The molecule has 2 aromatic carbocycles. The van der Waals surface area contributed by atoms with Gasteiger partial charge in [-0.2, -0.15) is 0 Å².